The fourth-order valence-electron chi connectivity index (χ4n) is 3.14. The lowest BCUT2D eigenvalue weighted by Crippen LogP contribution is -2.19. The second-order valence-electron chi connectivity index (χ2n) is 7.22. The molecule has 0 atom stereocenters. The number of rotatable bonds is 8. The molecule has 0 spiro atoms. The van der Waals surface area contributed by atoms with Crippen LogP contribution in [0.1, 0.15) is 26.5 Å². The minimum absolute atomic E-state index is 0.0555. The highest BCUT2D eigenvalue weighted by molar-refractivity contribution is 6.08. The van der Waals surface area contributed by atoms with E-state index < -0.39 is 52.9 Å². The summed E-state index contributed by atoms with van der Waals surface area (Å²) in [6, 6.07) is 4.97. The topological polar surface area (TPSA) is 118 Å². The molecule has 0 bridgehead atoms. The van der Waals surface area contributed by atoms with Crippen LogP contribution in [0.4, 0.5) is 32.0 Å². The zero-order valence-corrected chi connectivity index (χ0v) is 20.1. The van der Waals surface area contributed by atoms with Crippen LogP contribution < -0.4 is 24.3 Å². The Morgan fingerprint density at radius 3 is 2.18 bits per heavy atom. The molecule has 0 aliphatic heterocycles. The van der Waals surface area contributed by atoms with E-state index in [1.807, 2.05) is 0 Å². The Morgan fingerprint density at radius 2 is 1.59 bits per heavy atom. The van der Waals surface area contributed by atoms with Crippen LogP contribution in [0, 0.1) is 0 Å². The first kappa shape index (κ1) is 28.8. The van der Waals surface area contributed by atoms with Gasteiger partial charge in [0.2, 0.25) is 0 Å². The van der Waals surface area contributed by atoms with Crippen LogP contribution in [-0.4, -0.2) is 49.5 Å². The summed E-state index contributed by atoms with van der Waals surface area (Å²) in [5, 5.41) is 2.30. The summed E-state index contributed by atoms with van der Waals surface area (Å²) in [7, 11) is 3.04. The normalized spacial score (nSPS) is 11.4. The van der Waals surface area contributed by atoms with Gasteiger partial charge in [0.1, 0.15) is 17.0 Å². The van der Waals surface area contributed by atoms with Crippen molar-refractivity contribution in [3.63, 3.8) is 0 Å². The van der Waals surface area contributed by atoms with E-state index in [1.54, 1.807) is 0 Å². The molecule has 0 aliphatic rings. The summed E-state index contributed by atoms with van der Waals surface area (Å²) in [5.41, 5.74) is -2.61. The van der Waals surface area contributed by atoms with E-state index in [-0.39, 0.29) is 22.9 Å². The molecule has 10 nitrogen and oxygen atoms in total. The highest BCUT2D eigenvalue weighted by Crippen LogP contribution is 2.43. The van der Waals surface area contributed by atoms with Crippen molar-refractivity contribution in [1.82, 2.24) is 9.97 Å². The Morgan fingerprint density at radius 1 is 0.872 bits per heavy atom. The average Bonchev–Trinajstić information content (AvgIpc) is 2.87. The molecule has 0 saturated heterocycles. The number of hydrogen-bond acceptors (Lipinski definition) is 9. The Labute approximate surface area is 215 Å². The molecular weight excluding hydrogens is 544 g/mol. The van der Waals surface area contributed by atoms with Gasteiger partial charge in [-0.05, 0) is 24.3 Å². The van der Waals surface area contributed by atoms with Gasteiger partial charge in [-0.15, -0.1) is 13.2 Å². The minimum atomic E-state index is -5.05. The van der Waals surface area contributed by atoms with Gasteiger partial charge in [0.05, 0.1) is 27.5 Å². The maximum absolute atomic E-state index is 13.6. The van der Waals surface area contributed by atoms with Gasteiger partial charge in [-0.3, -0.25) is 4.79 Å². The first-order valence-corrected chi connectivity index (χ1v) is 10.4. The van der Waals surface area contributed by atoms with Gasteiger partial charge in [-0.2, -0.15) is 13.2 Å². The number of ether oxygens (including phenoxy) is 5. The summed E-state index contributed by atoms with van der Waals surface area (Å²) in [5.74, 6) is -4.93. The Hall–Kier alpha value is -4.76. The Kier molecular flexibility index (Phi) is 8.36. The molecule has 3 aromatic rings. The number of carbonyl (C=O) groups excluding carboxylic acids is 2. The van der Waals surface area contributed by atoms with E-state index in [0.717, 1.165) is 51.8 Å². The van der Waals surface area contributed by atoms with Crippen LogP contribution in [0.5, 0.6) is 28.7 Å². The zero-order chi connectivity index (χ0) is 29.0. The van der Waals surface area contributed by atoms with Crippen molar-refractivity contribution in [1.29, 1.82) is 0 Å². The third-order valence-electron chi connectivity index (χ3n) is 4.70. The van der Waals surface area contributed by atoms with E-state index >= 15 is 0 Å². The second kappa shape index (κ2) is 11.3. The Balaban J connectivity index is 2.09. The van der Waals surface area contributed by atoms with Crippen molar-refractivity contribution < 1.29 is 59.6 Å². The summed E-state index contributed by atoms with van der Waals surface area (Å²) >= 11 is 0. The molecule has 3 rings (SSSR count). The number of nitrogens with one attached hydrogen (secondary N) is 1. The molecule has 0 fully saturated rings. The Bertz CT molecular complexity index is 1380. The van der Waals surface area contributed by atoms with E-state index in [2.05, 4.69) is 24.8 Å². The lowest BCUT2D eigenvalue weighted by molar-refractivity contribution is -0.274. The number of alkyl halides is 6. The molecule has 208 valence electrons. The van der Waals surface area contributed by atoms with Crippen molar-refractivity contribution in [2.75, 3.05) is 26.6 Å². The predicted molar refractivity (Wildman–Crippen MR) is 119 cm³/mol. The highest BCUT2D eigenvalue weighted by atomic mass is 19.4. The standard InChI is InChI=1S/C23H17F6N3O7/c1-35-15-9-12(39-23(27,28)29)4-5-14(15)38-16-10-31-19(22(24,25)26)18(36-2)17(16)20(33)32-11-6-7-30-13(8-11)21(34)37-3/h4-10H,1-3H3,(H,30,32,33). The summed E-state index contributed by atoms with van der Waals surface area (Å²) < 4.78 is 102. The van der Waals surface area contributed by atoms with E-state index in [1.165, 1.54) is 6.07 Å². The fourth-order valence-corrected chi connectivity index (χ4v) is 3.14. The minimum Gasteiger partial charge on any atom is -0.493 e. The number of nitrogens with zero attached hydrogens (tertiary/aromatic N) is 2. The third kappa shape index (κ3) is 6.97. The van der Waals surface area contributed by atoms with Crippen molar-refractivity contribution in [3.05, 3.63) is 59.7 Å². The van der Waals surface area contributed by atoms with Gasteiger partial charge in [-0.25, -0.2) is 14.8 Å². The molecule has 1 N–H and O–H groups in total. The second-order valence-corrected chi connectivity index (χ2v) is 7.22. The van der Waals surface area contributed by atoms with Crippen LogP contribution in [0.3, 0.4) is 0 Å². The molecule has 2 aromatic heterocycles. The highest BCUT2D eigenvalue weighted by Gasteiger charge is 2.40. The van der Waals surface area contributed by atoms with Gasteiger partial charge in [-0.1, -0.05) is 0 Å². The van der Waals surface area contributed by atoms with Gasteiger partial charge in [0, 0.05) is 18.0 Å². The van der Waals surface area contributed by atoms with Crippen LogP contribution >= 0.6 is 0 Å². The number of aromatic nitrogens is 2. The van der Waals surface area contributed by atoms with Gasteiger partial charge >= 0.3 is 18.5 Å². The molecule has 0 unspecified atom stereocenters. The third-order valence-corrected chi connectivity index (χ3v) is 4.70. The molecule has 1 amide bonds. The van der Waals surface area contributed by atoms with Gasteiger partial charge in [0.15, 0.2) is 28.7 Å². The summed E-state index contributed by atoms with van der Waals surface area (Å²) in [6.45, 7) is 0. The maximum atomic E-state index is 13.6. The molecule has 1 aromatic carbocycles. The molecule has 0 saturated carbocycles. The quantitative estimate of drug-likeness (QED) is 0.291. The van der Waals surface area contributed by atoms with E-state index in [9.17, 15) is 35.9 Å². The lowest BCUT2D eigenvalue weighted by Gasteiger charge is -2.19. The SMILES string of the molecule is COC(=O)c1cc(NC(=O)c2c(Oc3ccc(OC(F)(F)F)cc3OC)cnc(C(F)(F)F)c2OC)ccn1. The van der Waals surface area contributed by atoms with Crippen molar-refractivity contribution in [3.8, 4) is 28.7 Å². The van der Waals surface area contributed by atoms with Crippen LogP contribution in [0.15, 0.2) is 42.7 Å². The average molecular weight is 561 g/mol. The number of esters is 1. The molecule has 2 heterocycles. The first-order valence-electron chi connectivity index (χ1n) is 10.4. The number of benzene rings is 1. The summed E-state index contributed by atoms with van der Waals surface area (Å²) in [6.07, 6.45) is -8.35. The van der Waals surface area contributed by atoms with E-state index in [4.69, 9.17) is 14.2 Å². The van der Waals surface area contributed by atoms with E-state index in [0.29, 0.717) is 6.20 Å². The summed E-state index contributed by atoms with van der Waals surface area (Å²) in [4.78, 5) is 32.0. The number of hydrogen-bond donors (Lipinski definition) is 1. The molecule has 0 aliphatic carbocycles. The smallest absolute Gasteiger partial charge is 0.493 e. The molecule has 16 heteroatoms. The number of carbonyl (C=O) groups is 2. The molecule has 39 heavy (non-hydrogen) atoms. The van der Waals surface area contributed by atoms with Gasteiger partial charge in [0.25, 0.3) is 5.91 Å². The number of amides is 1. The van der Waals surface area contributed by atoms with Crippen LogP contribution in [0.25, 0.3) is 0 Å². The van der Waals surface area contributed by atoms with Crippen molar-refractivity contribution >= 4 is 17.6 Å². The monoisotopic (exact) mass is 561 g/mol. The van der Waals surface area contributed by atoms with Crippen LogP contribution in [-0.2, 0) is 10.9 Å². The number of anilines is 1. The first-order chi connectivity index (χ1) is 18.3. The fraction of sp³-hybridized carbons (Fsp3) is 0.217. The largest absolute Gasteiger partial charge is 0.573 e. The maximum Gasteiger partial charge on any atom is 0.573 e. The lowest BCUT2D eigenvalue weighted by atomic mass is 10.1. The van der Waals surface area contributed by atoms with Crippen molar-refractivity contribution in [2.45, 2.75) is 12.5 Å². The predicted octanol–water partition coefficient (Wildman–Crippen LogP) is 5.24. The zero-order valence-electron chi connectivity index (χ0n) is 20.1. The number of pyridine rings is 2. The number of halogens is 6. The van der Waals surface area contributed by atoms with Crippen molar-refractivity contribution in [2.24, 2.45) is 0 Å². The van der Waals surface area contributed by atoms with Gasteiger partial charge < -0.3 is 29.0 Å². The molecule has 0 radical (unpaired) electrons. The number of methoxy groups -OCH3 is 3. The molecular formula is C23H17F6N3O7. The van der Waals surface area contributed by atoms with Crippen LogP contribution in [0.2, 0.25) is 0 Å².